The van der Waals surface area contributed by atoms with E-state index in [1.54, 1.807) is 0 Å². The number of aromatic nitrogens is 2. The summed E-state index contributed by atoms with van der Waals surface area (Å²) < 4.78 is 7.89. The Hall–Kier alpha value is -3.08. The lowest BCUT2D eigenvalue weighted by Gasteiger charge is -2.21. The fourth-order valence-corrected chi connectivity index (χ4v) is 3.86. The summed E-state index contributed by atoms with van der Waals surface area (Å²) in [6.45, 7) is 9.04. The summed E-state index contributed by atoms with van der Waals surface area (Å²) in [5, 5.41) is 0.907. The Balaban J connectivity index is 1.87. The molecule has 0 saturated carbocycles. The molecule has 0 unspecified atom stereocenters. The van der Waals surface area contributed by atoms with Gasteiger partial charge in [-0.1, -0.05) is 25.5 Å². The molecule has 0 fully saturated rings. The molecule has 2 aromatic heterocycles. The smallest absolute Gasteiger partial charge is 0.347 e. The minimum Gasteiger partial charge on any atom is -0.422 e. The van der Waals surface area contributed by atoms with E-state index in [0.717, 1.165) is 54.6 Å². The van der Waals surface area contributed by atoms with E-state index in [0.29, 0.717) is 17.0 Å². The molecule has 0 N–H and O–H groups in total. The summed E-state index contributed by atoms with van der Waals surface area (Å²) >= 11 is 0. The normalized spacial score (nSPS) is 11.4. The van der Waals surface area contributed by atoms with Crippen LogP contribution in [0.4, 0.5) is 5.69 Å². The van der Waals surface area contributed by atoms with Gasteiger partial charge >= 0.3 is 5.63 Å². The highest BCUT2D eigenvalue weighted by Crippen LogP contribution is 2.27. The molecule has 5 heteroatoms. The fourth-order valence-electron chi connectivity index (χ4n) is 3.86. The third-order valence-electron chi connectivity index (χ3n) is 5.48. The Kier molecular flexibility index (Phi) is 5.38. The van der Waals surface area contributed by atoms with Gasteiger partial charge in [-0.05, 0) is 50.6 Å². The molecular weight excluding hydrogens is 362 g/mol. The highest BCUT2D eigenvalue weighted by molar-refractivity contribution is 5.86. The Morgan fingerprint density at radius 2 is 1.83 bits per heavy atom. The summed E-state index contributed by atoms with van der Waals surface area (Å²) in [6.07, 6.45) is 2.10. The number of para-hydroxylation sites is 2. The lowest BCUT2D eigenvalue weighted by Crippen LogP contribution is -2.21. The summed E-state index contributed by atoms with van der Waals surface area (Å²) in [6, 6.07) is 16.0. The lowest BCUT2D eigenvalue weighted by molar-refractivity contribution is 0.560. The molecule has 2 aromatic carbocycles. The number of benzene rings is 2. The topological polar surface area (TPSA) is 51.3 Å². The first-order valence-electron chi connectivity index (χ1n) is 10.4. The van der Waals surface area contributed by atoms with Gasteiger partial charge in [0.05, 0.1) is 11.0 Å². The number of aryl methyl sites for hydroxylation is 1. The lowest BCUT2D eigenvalue weighted by atomic mass is 10.1. The predicted molar refractivity (Wildman–Crippen MR) is 120 cm³/mol. The van der Waals surface area contributed by atoms with Crippen molar-refractivity contribution >= 4 is 27.7 Å². The maximum atomic E-state index is 12.9. The third-order valence-corrected chi connectivity index (χ3v) is 5.48. The van der Waals surface area contributed by atoms with Crippen molar-refractivity contribution in [3.8, 4) is 11.4 Å². The van der Waals surface area contributed by atoms with Gasteiger partial charge in [0.1, 0.15) is 17.0 Å². The van der Waals surface area contributed by atoms with Crippen LogP contribution < -0.4 is 10.5 Å². The molecule has 0 spiro atoms. The molecule has 0 aliphatic carbocycles. The van der Waals surface area contributed by atoms with E-state index < -0.39 is 0 Å². The van der Waals surface area contributed by atoms with Gasteiger partial charge in [-0.2, -0.15) is 0 Å². The first-order valence-corrected chi connectivity index (χ1v) is 10.4. The van der Waals surface area contributed by atoms with E-state index in [1.807, 2.05) is 36.4 Å². The van der Waals surface area contributed by atoms with Crippen molar-refractivity contribution in [2.24, 2.45) is 0 Å². The van der Waals surface area contributed by atoms with Gasteiger partial charge in [0.15, 0.2) is 0 Å². The number of hydrogen-bond donors (Lipinski definition) is 0. The van der Waals surface area contributed by atoms with E-state index in [9.17, 15) is 4.79 Å². The zero-order valence-corrected chi connectivity index (χ0v) is 17.3. The van der Waals surface area contributed by atoms with Gasteiger partial charge in [0, 0.05) is 36.8 Å². The first kappa shape index (κ1) is 19.2. The standard InChI is InChI=1S/C24H27N3O2/c1-4-7-14-27-21-11-9-8-10-20(21)25-23(27)19-15-17-12-13-18(26(5-2)6-3)16-22(17)29-24(19)28/h8-13,15-16H,4-7,14H2,1-3H3. The van der Waals surface area contributed by atoms with Gasteiger partial charge in [0.25, 0.3) is 0 Å². The van der Waals surface area contributed by atoms with Crippen molar-refractivity contribution in [3.63, 3.8) is 0 Å². The molecule has 5 nitrogen and oxygen atoms in total. The highest BCUT2D eigenvalue weighted by Gasteiger charge is 2.17. The summed E-state index contributed by atoms with van der Waals surface area (Å²) in [4.78, 5) is 19.9. The summed E-state index contributed by atoms with van der Waals surface area (Å²) in [5.41, 5.74) is 3.79. The van der Waals surface area contributed by atoms with Gasteiger partial charge < -0.3 is 13.9 Å². The molecule has 29 heavy (non-hydrogen) atoms. The Morgan fingerprint density at radius 3 is 2.59 bits per heavy atom. The zero-order chi connectivity index (χ0) is 20.4. The van der Waals surface area contributed by atoms with E-state index in [2.05, 4.69) is 42.4 Å². The van der Waals surface area contributed by atoms with E-state index in [1.165, 1.54) is 0 Å². The molecule has 0 bridgehead atoms. The van der Waals surface area contributed by atoms with Crippen LogP contribution in [0, 0.1) is 0 Å². The average Bonchev–Trinajstić information content (AvgIpc) is 3.10. The average molecular weight is 389 g/mol. The highest BCUT2D eigenvalue weighted by atomic mass is 16.4. The number of unbranched alkanes of at least 4 members (excludes halogenated alkanes) is 1. The maximum Gasteiger partial charge on any atom is 0.347 e. The fraction of sp³-hybridized carbons (Fsp3) is 0.333. The van der Waals surface area contributed by atoms with Crippen molar-refractivity contribution in [2.45, 2.75) is 40.2 Å². The number of rotatable bonds is 7. The van der Waals surface area contributed by atoms with Crippen LogP contribution in [0.25, 0.3) is 33.4 Å². The van der Waals surface area contributed by atoms with Crippen LogP contribution in [0.1, 0.15) is 33.6 Å². The Morgan fingerprint density at radius 1 is 1.03 bits per heavy atom. The molecule has 4 aromatic rings. The maximum absolute atomic E-state index is 12.9. The van der Waals surface area contributed by atoms with Crippen molar-refractivity contribution in [3.05, 3.63) is 59.0 Å². The summed E-state index contributed by atoms with van der Waals surface area (Å²) in [7, 11) is 0. The van der Waals surface area contributed by atoms with Crippen molar-refractivity contribution in [1.29, 1.82) is 0 Å². The number of nitrogens with zero attached hydrogens (tertiary/aromatic N) is 3. The van der Waals surface area contributed by atoms with Crippen molar-refractivity contribution < 1.29 is 4.42 Å². The number of anilines is 1. The summed E-state index contributed by atoms with van der Waals surface area (Å²) in [5.74, 6) is 0.683. The van der Waals surface area contributed by atoms with Crippen LogP contribution in [0.5, 0.6) is 0 Å². The molecule has 0 saturated heterocycles. The number of hydrogen-bond acceptors (Lipinski definition) is 4. The monoisotopic (exact) mass is 389 g/mol. The van der Waals surface area contributed by atoms with Crippen LogP contribution >= 0.6 is 0 Å². The van der Waals surface area contributed by atoms with Crippen LogP contribution in [-0.2, 0) is 6.54 Å². The molecule has 0 atom stereocenters. The zero-order valence-electron chi connectivity index (χ0n) is 17.3. The van der Waals surface area contributed by atoms with Crippen LogP contribution in [0.2, 0.25) is 0 Å². The number of fused-ring (bicyclic) bond motifs is 2. The third kappa shape index (κ3) is 3.53. The van der Waals surface area contributed by atoms with Gasteiger partial charge in [-0.25, -0.2) is 9.78 Å². The SMILES string of the molecule is CCCCn1c(-c2cc3ccc(N(CC)CC)cc3oc2=O)nc2ccccc21. The second-order valence-corrected chi connectivity index (χ2v) is 7.27. The van der Waals surface area contributed by atoms with Gasteiger partial charge in [0.2, 0.25) is 0 Å². The Bertz CT molecular complexity index is 1200. The molecule has 0 amide bonds. The second-order valence-electron chi connectivity index (χ2n) is 7.27. The quantitative estimate of drug-likeness (QED) is 0.394. The first-order chi connectivity index (χ1) is 14.2. The van der Waals surface area contributed by atoms with Gasteiger partial charge in [-0.15, -0.1) is 0 Å². The van der Waals surface area contributed by atoms with Crippen LogP contribution in [0.15, 0.2) is 57.7 Å². The molecular formula is C24H27N3O2. The number of imidazole rings is 1. The van der Waals surface area contributed by atoms with Crippen LogP contribution in [0.3, 0.4) is 0 Å². The largest absolute Gasteiger partial charge is 0.422 e. The molecule has 150 valence electrons. The van der Waals surface area contributed by atoms with E-state index >= 15 is 0 Å². The van der Waals surface area contributed by atoms with E-state index in [4.69, 9.17) is 9.40 Å². The van der Waals surface area contributed by atoms with Crippen molar-refractivity contribution in [2.75, 3.05) is 18.0 Å². The van der Waals surface area contributed by atoms with Gasteiger partial charge in [-0.3, -0.25) is 0 Å². The van der Waals surface area contributed by atoms with Crippen LogP contribution in [-0.4, -0.2) is 22.6 Å². The predicted octanol–water partition coefficient (Wildman–Crippen LogP) is 5.46. The molecule has 0 radical (unpaired) electrons. The molecule has 0 aliphatic heterocycles. The van der Waals surface area contributed by atoms with Crippen molar-refractivity contribution in [1.82, 2.24) is 9.55 Å². The Labute approximate surface area is 170 Å². The molecule has 0 aliphatic rings. The molecule has 4 rings (SSSR count). The molecule has 2 heterocycles. The second kappa shape index (κ2) is 8.11. The van der Waals surface area contributed by atoms with E-state index in [-0.39, 0.29) is 5.63 Å². The minimum atomic E-state index is -0.345. The minimum absolute atomic E-state index is 0.345.